The Morgan fingerprint density at radius 1 is 1.27 bits per heavy atom. The standard InChI is InChI=1S/C20H17ClF4N2O3/c1-4-29-19(28)10(2)27-11(3)26-16-9-13(5-6-17(16)27)30-18-14(21)7-12(8-15(18)22)20(23,24)25/h5-10H,4H2,1-3H3. The van der Waals surface area contributed by atoms with Crippen LogP contribution in [0.2, 0.25) is 5.02 Å². The van der Waals surface area contributed by atoms with Crippen LogP contribution in [0, 0.1) is 12.7 Å². The predicted molar refractivity (Wildman–Crippen MR) is 102 cm³/mol. The Bertz CT molecular complexity index is 1090. The Morgan fingerprint density at radius 3 is 2.57 bits per heavy atom. The number of carbonyl (C=O) groups is 1. The van der Waals surface area contributed by atoms with Crippen molar-refractivity contribution in [3.05, 3.63) is 52.6 Å². The number of fused-ring (bicyclic) bond motifs is 1. The largest absolute Gasteiger partial charge is 0.464 e. The summed E-state index contributed by atoms with van der Waals surface area (Å²) in [5, 5.41) is -0.514. The zero-order valence-corrected chi connectivity index (χ0v) is 16.9. The van der Waals surface area contributed by atoms with Crippen LogP contribution in [0.15, 0.2) is 30.3 Å². The summed E-state index contributed by atoms with van der Waals surface area (Å²) in [4.78, 5) is 16.5. The molecular formula is C20H17ClF4N2O3. The Kier molecular flexibility index (Phi) is 5.94. The van der Waals surface area contributed by atoms with E-state index < -0.39 is 40.3 Å². The highest BCUT2D eigenvalue weighted by Crippen LogP contribution is 2.39. The van der Waals surface area contributed by atoms with Crippen LogP contribution < -0.4 is 4.74 Å². The molecule has 0 saturated heterocycles. The first-order valence-electron chi connectivity index (χ1n) is 8.92. The van der Waals surface area contributed by atoms with Crippen molar-refractivity contribution in [2.45, 2.75) is 33.0 Å². The van der Waals surface area contributed by atoms with Gasteiger partial charge in [-0.2, -0.15) is 13.2 Å². The lowest BCUT2D eigenvalue weighted by Gasteiger charge is -2.15. The first-order chi connectivity index (χ1) is 14.0. The molecule has 30 heavy (non-hydrogen) atoms. The number of aryl methyl sites for hydroxylation is 1. The number of halogens is 5. The summed E-state index contributed by atoms with van der Waals surface area (Å²) < 4.78 is 64.7. The van der Waals surface area contributed by atoms with Crippen LogP contribution in [0.4, 0.5) is 17.6 Å². The number of aromatic nitrogens is 2. The van der Waals surface area contributed by atoms with Crippen LogP contribution in [-0.4, -0.2) is 22.1 Å². The zero-order chi connectivity index (χ0) is 22.2. The topological polar surface area (TPSA) is 53.4 Å². The monoisotopic (exact) mass is 444 g/mol. The van der Waals surface area contributed by atoms with Crippen LogP contribution >= 0.6 is 11.6 Å². The molecule has 1 heterocycles. The fourth-order valence-electron chi connectivity index (χ4n) is 3.06. The molecule has 1 atom stereocenters. The van der Waals surface area contributed by atoms with Gasteiger partial charge in [0.2, 0.25) is 0 Å². The van der Waals surface area contributed by atoms with Gasteiger partial charge in [-0.05, 0) is 45.0 Å². The Labute approximate surface area is 174 Å². The number of alkyl halides is 3. The van der Waals surface area contributed by atoms with Gasteiger partial charge in [0.15, 0.2) is 11.6 Å². The minimum atomic E-state index is -4.73. The summed E-state index contributed by atoms with van der Waals surface area (Å²) in [6.45, 7) is 5.33. The summed E-state index contributed by atoms with van der Waals surface area (Å²) in [7, 11) is 0. The van der Waals surface area contributed by atoms with Gasteiger partial charge in [0.25, 0.3) is 0 Å². The number of rotatable bonds is 5. The number of imidazole rings is 1. The van der Waals surface area contributed by atoms with Gasteiger partial charge in [-0.25, -0.2) is 14.2 Å². The summed E-state index contributed by atoms with van der Waals surface area (Å²) in [6.07, 6.45) is -4.73. The number of ether oxygens (including phenoxy) is 2. The molecule has 0 bridgehead atoms. The molecule has 10 heteroatoms. The van der Waals surface area contributed by atoms with E-state index in [9.17, 15) is 22.4 Å². The molecule has 3 aromatic rings. The molecule has 1 unspecified atom stereocenters. The smallest absolute Gasteiger partial charge is 0.416 e. The van der Waals surface area contributed by atoms with Gasteiger partial charge < -0.3 is 14.0 Å². The second kappa shape index (κ2) is 8.14. The molecule has 3 rings (SSSR count). The minimum Gasteiger partial charge on any atom is -0.464 e. The quantitative estimate of drug-likeness (QED) is 0.354. The number of hydrogen-bond donors (Lipinski definition) is 0. The molecule has 2 aromatic carbocycles. The maximum absolute atomic E-state index is 14.2. The van der Waals surface area contributed by atoms with Crippen LogP contribution in [0.1, 0.15) is 31.3 Å². The lowest BCUT2D eigenvalue weighted by molar-refractivity contribution is -0.146. The Morgan fingerprint density at radius 2 is 1.97 bits per heavy atom. The van der Waals surface area contributed by atoms with E-state index in [4.69, 9.17) is 21.1 Å². The van der Waals surface area contributed by atoms with E-state index in [2.05, 4.69) is 4.98 Å². The van der Waals surface area contributed by atoms with Crippen molar-refractivity contribution in [2.75, 3.05) is 6.61 Å². The average molecular weight is 445 g/mol. The van der Waals surface area contributed by atoms with Crippen molar-refractivity contribution in [1.29, 1.82) is 0 Å². The zero-order valence-electron chi connectivity index (χ0n) is 16.2. The molecule has 5 nitrogen and oxygen atoms in total. The van der Waals surface area contributed by atoms with Gasteiger partial charge in [-0.15, -0.1) is 0 Å². The lowest BCUT2D eigenvalue weighted by Crippen LogP contribution is -2.20. The molecule has 0 saturated carbocycles. The van der Waals surface area contributed by atoms with Crippen molar-refractivity contribution < 1.29 is 31.8 Å². The number of carbonyl (C=O) groups excluding carboxylic acids is 1. The van der Waals surface area contributed by atoms with Gasteiger partial charge in [-0.3, -0.25) is 0 Å². The molecule has 0 fully saturated rings. The van der Waals surface area contributed by atoms with Crippen LogP contribution in [0.3, 0.4) is 0 Å². The minimum absolute atomic E-state index is 0.122. The normalized spacial score (nSPS) is 12.8. The van der Waals surface area contributed by atoms with Gasteiger partial charge in [-0.1, -0.05) is 11.6 Å². The molecule has 0 N–H and O–H groups in total. The van der Waals surface area contributed by atoms with Gasteiger partial charge >= 0.3 is 12.1 Å². The molecule has 0 aliphatic heterocycles. The van der Waals surface area contributed by atoms with Crippen LogP contribution in [-0.2, 0) is 15.7 Å². The van der Waals surface area contributed by atoms with E-state index >= 15 is 0 Å². The molecular weight excluding hydrogens is 428 g/mol. The van der Waals surface area contributed by atoms with Crippen LogP contribution in [0.25, 0.3) is 11.0 Å². The highest BCUT2D eigenvalue weighted by molar-refractivity contribution is 6.32. The summed E-state index contributed by atoms with van der Waals surface area (Å²) >= 11 is 5.81. The van der Waals surface area contributed by atoms with E-state index in [1.807, 2.05) is 0 Å². The van der Waals surface area contributed by atoms with Crippen molar-refractivity contribution in [1.82, 2.24) is 9.55 Å². The average Bonchev–Trinajstić information content (AvgIpc) is 2.98. The molecule has 0 aliphatic carbocycles. The molecule has 0 aliphatic rings. The first kappa shape index (κ1) is 21.9. The van der Waals surface area contributed by atoms with Gasteiger partial charge in [0, 0.05) is 6.07 Å². The van der Waals surface area contributed by atoms with Crippen molar-refractivity contribution in [3.8, 4) is 11.5 Å². The summed E-state index contributed by atoms with van der Waals surface area (Å²) in [5.41, 5.74) is -0.154. The third-order valence-corrected chi connectivity index (χ3v) is 4.68. The predicted octanol–water partition coefficient (Wildman–Crippen LogP) is 6.07. The molecule has 1 aromatic heterocycles. The molecule has 0 radical (unpaired) electrons. The fraction of sp³-hybridized carbons (Fsp3) is 0.300. The number of hydrogen-bond acceptors (Lipinski definition) is 4. The maximum atomic E-state index is 14.2. The van der Waals surface area contributed by atoms with E-state index in [1.165, 1.54) is 12.1 Å². The van der Waals surface area contributed by atoms with E-state index in [0.29, 0.717) is 29.0 Å². The van der Waals surface area contributed by atoms with Crippen molar-refractivity contribution >= 4 is 28.6 Å². The highest BCUT2D eigenvalue weighted by atomic mass is 35.5. The third-order valence-electron chi connectivity index (χ3n) is 4.40. The maximum Gasteiger partial charge on any atom is 0.416 e. The number of nitrogens with zero attached hydrogens (tertiary/aromatic N) is 2. The van der Waals surface area contributed by atoms with E-state index in [-0.39, 0.29) is 12.4 Å². The number of benzene rings is 2. The van der Waals surface area contributed by atoms with Crippen molar-refractivity contribution in [3.63, 3.8) is 0 Å². The fourth-order valence-corrected chi connectivity index (χ4v) is 3.30. The summed E-state index contributed by atoms with van der Waals surface area (Å²) in [6, 6.07) is 4.85. The summed E-state index contributed by atoms with van der Waals surface area (Å²) in [5.74, 6) is -1.52. The SMILES string of the molecule is CCOC(=O)C(C)n1c(C)nc2cc(Oc3c(F)cc(C(F)(F)F)cc3Cl)ccc21. The van der Waals surface area contributed by atoms with Gasteiger partial charge in [0.05, 0.1) is 28.2 Å². The van der Waals surface area contributed by atoms with E-state index in [0.717, 1.165) is 0 Å². The van der Waals surface area contributed by atoms with Crippen LogP contribution in [0.5, 0.6) is 11.5 Å². The second-order valence-corrected chi connectivity index (χ2v) is 6.88. The highest BCUT2D eigenvalue weighted by Gasteiger charge is 2.32. The first-order valence-corrected chi connectivity index (χ1v) is 9.30. The number of esters is 1. The molecule has 0 spiro atoms. The second-order valence-electron chi connectivity index (χ2n) is 6.48. The third kappa shape index (κ3) is 4.21. The van der Waals surface area contributed by atoms with Crippen molar-refractivity contribution in [2.24, 2.45) is 0 Å². The lowest BCUT2D eigenvalue weighted by atomic mass is 10.2. The Balaban J connectivity index is 1.95. The molecule has 0 amide bonds. The van der Waals surface area contributed by atoms with E-state index in [1.54, 1.807) is 31.4 Å². The molecule has 160 valence electrons. The van der Waals surface area contributed by atoms with Gasteiger partial charge in [0.1, 0.15) is 17.6 Å². The Hall–Kier alpha value is -2.81.